The summed E-state index contributed by atoms with van der Waals surface area (Å²) < 4.78 is 3.17. The predicted molar refractivity (Wildman–Crippen MR) is 120 cm³/mol. The molecule has 0 N–H and O–H groups in total. The molecule has 0 fully saturated rings. The molecule has 140 valence electrons. The van der Waals surface area contributed by atoms with Gasteiger partial charge in [-0.3, -0.25) is 4.57 Å². The fraction of sp³-hybridized carbons (Fsp3) is 0.0909. The highest BCUT2D eigenvalue weighted by Crippen LogP contribution is 2.30. The van der Waals surface area contributed by atoms with Crippen LogP contribution in [0.3, 0.4) is 0 Å². The lowest BCUT2D eigenvalue weighted by molar-refractivity contribution is 0.886. The Hall–Kier alpha value is -2.08. The molecule has 1 aromatic heterocycles. The zero-order valence-corrected chi connectivity index (χ0v) is 18.3. The van der Waals surface area contributed by atoms with E-state index in [4.69, 9.17) is 11.6 Å². The van der Waals surface area contributed by atoms with Gasteiger partial charge in [-0.1, -0.05) is 75.2 Å². The van der Waals surface area contributed by atoms with Crippen molar-refractivity contribution in [2.24, 2.45) is 0 Å². The van der Waals surface area contributed by atoms with Gasteiger partial charge in [0.1, 0.15) is 0 Å². The van der Waals surface area contributed by atoms with E-state index in [0.717, 1.165) is 32.5 Å². The second-order valence-electron chi connectivity index (χ2n) is 6.40. The van der Waals surface area contributed by atoms with E-state index in [1.54, 1.807) is 11.8 Å². The number of halogens is 2. The molecule has 4 rings (SSSR count). The highest BCUT2D eigenvalue weighted by atomic mass is 79.9. The Kier molecular flexibility index (Phi) is 5.85. The zero-order chi connectivity index (χ0) is 19.5. The normalized spacial score (nSPS) is 11.0. The highest BCUT2D eigenvalue weighted by Gasteiger charge is 2.16. The Morgan fingerprint density at radius 3 is 2.43 bits per heavy atom. The van der Waals surface area contributed by atoms with Crippen molar-refractivity contribution >= 4 is 39.3 Å². The second kappa shape index (κ2) is 8.52. The van der Waals surface area contributed by atoms with Crippen LogP contribution in [0.15, 0.2) is 82.4 Å². The summed E-state index contributed by atoms with van der Waals surface area (Å²) in [6, 6.07) is 24.4. The van der Waals surface area contributed by atoms with Crippen molar-refractivity contribution < 1.29 is 0 Å². The van der Waals surface area contributed by atoms with Gasteiger partial charge >= 0.3 is 0 Å². The average Bonchev–Trinajstić information content (AvgIpc) is 3.12. The number of nitrogens with zero attached hydrogens (tertiary/aromatic N) is 3. The maximum atomic E-state index is 6.09. The third-order valence-corrected chi connectivity index (χ3v) is 6.06. The summed E-state index contributed by atoms with van der Waals surface area (Å²) in [5, 5.41) is 10.5. The summed E-state index contributed by atoms with van der Waals surface area (Å²) in [6.45, 7) is 2.08. The van der Waals surface area contributed by atoms with Crippen LogP contribution in [-0.2, 0) is 5.75 Å². The van der Waals surface area contributed by atoms with Crippen molar-refractivity contribution in [1.82, 2.24) is 14.8 Å². The van der Waals surface area contributed by atoms with Crippen molar-refractivity contribution in [3.05, 3.63) is 93.4 Å². The van der Waals surface area contributed by atoms with Gasteiger partial charge in [0.2, 0.25) is 0 Å². The second-order valence-corrected chi connectivity index (χ2v) is 8.70. The van der Waals surface area contributed by atoms with Gasteiger partial charge in [0, 0.05) is 26.5 Å². The summed E-state index contributed by atoms with van der Waals surface area (Å²) in [6.07, 6.45) is 0. The fourth-order valence-electron chi connectivity index (χ4n) is 2.89. The molecule has 0 spiro atoms. The SMILES string of the molecule is Cc1cccc(-c2nnc(SCc3ccc(Br)cc3)n2-c2ccc(Cl)cc2)c1. The van der Waals surface area contributed by atoms with Gasteiger partial charge < -0.3 is 0 Å². The molecule has 0 saturated carbocycles. The number of hydrogen-bond acceptors (Lipinski definition) is 3. The minimum absolute atomic E-state index is 0.706. The molecule has 6 heteroatoms. The number of aryl methyl sites for hydroxylation is 1. The molecular weight excluding hydrogens is 454 g/mol. The monoisotopic (exact) mass is 469 g/mol. The minimum Gasteiger partial charge on any atom is -0.270 e. The third-order valence-electron chi connectivity index (χ3n) is 4.28. The first-order valence-corrected chi connectivity index (χ1v) is 10.9. The lowest BCUT2D eigenvalue weighted by atomic mass is 10.1. The van der Waals surface area contributed by atoms with E-state index < -0.39 is 0 Å². The van der Waals surface area contributed by atoms with E-state index in [-0.39, 0.29) is 0 Å². The Labute approximate surface area is 181 Å². The Balaban J connectivity index is 1.73. The molecule has 28 heavy (non-hydrogen) atoms. The number of benzene rings is 3. The highest BCUT2D eigenvalue weighted by molar-refractivity contribution is 9.10. The molecule has 0 bridgehead atoms. The first-order chi connectivity index (χ1) is 13.6. The van der Waals surface area contributed by atoms with Crippen LogP contribution in [-0.4, -0.2) is 14.8 Å². The summed E-state index contributed by atoms with van der Waals surface area (Å²) in [5.41, 5.74) is 4.45. The standard InChI is InChI=1S/C22H17BrClN3S/c1-15-3-2-4-17(13-15)21-25-26-22(27(21)20-11-9-19(24)10-12-20)28-14-16-5-7-18(23)8-6-16/h2-13H,14H2,1H3. The summed E-state index contributed by atoms with van der Waals surface area (Å²) in [5.74, 6) is 1.64. The van der Waals surface area contributed by atoms with E-state index in [2.05, 4.69) is 80.1 Å². The van der Waals surface area contributed by atoms with Crippen LogP contribution in [0.2, 0.25) is 5.02 Å². The first-order valence-electron chi connectivity index (χ1n) is 8.76. The van der Waals surface area contributed by atoms with Crippen LogP contribution in [0.4, 0.5) is 0 Å². The van der Waals surface area contributed by atoms with Gasteiger partial charge in [-0.15, -0.1) is 10.2 Å². The van der Waals surface area contributed by atoms with Gasteiger partial charge in [-0.25, -0.2) is 0 Å². The van der Waals surface area contributed by atoms with Crippen LogP contribution in [0.1, 0.15) is 11.1 Å². The molecule has 3 nitrogen and oxygen atoms in total. The zero-order valence-electron chi connectivity index (χ0n) is 15.1. The van der Waals surface area contributed by atoms with Gasteiger partial charge in [0.15, 0.2) is 11.0 Å². The quantitative estimate of drug-likeness (QED) is 0.296. The molecule has 0 saturated heterocycles. The van der Waals surface area contributed by atoms with Crippen molar-refractivity contribution in [2.75, 3.05) is 0 Å². The van der Waals surface area contributed by atoms with Crippen LogP contribution in [0.25, 0.3) is 17.1 Å². The first kappa shape index (κ1) is 19.2. The lowest BCUT2D eigenvalue weighted by Crippen LogP contribution is -2.00. The third kappa shape index (κ3) is 4.32. The molecule has 0 amide bonds. The summed E-state index contributed by atoms with van der Waals surface area (Å²) in [7, 11) is 0. The molecule has 1 heterocycles. The Morgan fingerprint density at radius 2 is 1.71 bits per heavy atom. The fourth-order valence-corrected chi connectivity index (χ4v) is 4.18. The van der Waals surface area contributed by atoms with Crippen molar-refractivity contribution in [2.45, 2.75) is 17.8 Å². The topological polar surface area (TPSA) is 30.7 Å². The molecule has 0 radical (unpaired) electrons. The number of thioether (sulfide) groups is 1. The van der Waals surface area contributed by atoms with Crippen LogP contribution in [0.5, 0.6) is 0 Å². The molecule has 0 aliphatic rings. The van der Waals surface area contributed by atoms with E-state index in [1.165, 1.54) is 11.1 Å². The molecule has 0 unspecified atom stereocenters. The van der Waals surface area contributed by atoms with E-state index in [0.29, 0.717) is 5.02 Å². The van der Waals surface area contributed by atoms with Gasteiger partial charge in [-0.2, -0.15) is 0 Å². The van der Waals surface area contributed by atoms with Gasteiger partial charge in [-0.05, 0) is 55.0 Å². The average molecular weight is 471 g/mol. The summed E-state index contributed by atoms with van der Waals surface area (Å²) in [4.78, 5) is 0. The Bertz CT molecular complexity index is 1090. The smallest absolute Gasteiger partial charge is 0.196 e. The minimum atomic E-state index is 0.706. The molecule has 3 aromatic carbocycles. The maximum Gasteiger partial charge on any atom is 0.196 e. The van der Waals surface area contributed by atoms with Crippen LogP contribution < -0.4 is 0 Å². The number of rotatable bonds is 5. The molecule has 0 aliphatic heterocycles. The number of hydrogen-bond donors (Lipinski definition) is 0. The maximum absolute atomic E-state index is 6.09. The molecule has 0 aliphatic carbocycles. The van der Waals surface area contributed by atoms with Gasteiger partial charge in [0.25, 0.3) is 0 Å². The van der Waals surface area contributed by atoms with Crippen LogP contribution >= 0.6 is 39.3 Å². The molecular formula is C22H17BrClN3S. The van der Waals surface area contributed by atoms with Gasteiger partial charge in [0.05, 0.1) is 0 Å². The van der Waals surface area contributed by atoms with E-state index in [1.807, 2.05) is 30.3 Å². The molecule has 4 aromatic rings. The van der Waals surface area contributed by atoms with Crippen LogP contribution in [0, 0.1) is 6.92 Å². The van der Waals surface area contributed by atoms with Crippen molar-refractivity contribution in [1.29, 1.82) is 0 Å². The predicted octanol–water partition coefficient (Wildman–Crippen LogP) is 6.95. The van der Waals surface area contributed by atoms with E-state index in [9.17, 15) is 0 Å². The Morgan fingerprint density at radius 1 is 0.964 bits per heavy atom. The lowest BCUT2D eigenvalue weighted by Gasteiger charge is -2.11. The van der Waals surface area contributed by atoms with E-state index >= 15 is 0 Å². The van der Waals surface area contributed by atoms with Crippen molar-refractivity contribution in [3.63, 3.8) is 0 Å². The largest absolute Gasteiger partial charge is 0.270 e. The number of aromatic nitrogens is 3. The summed E-state index contributed by atoms with van der Waals surface area (Å²) >= 11 is 11.2. The molecule has 0 atom stereocenters. The van der Waals surface area contributed by atoms with Crippen molar-refractivity contribution in [3.8, 4) is 17.1 Å².